The Bertz CT molecular complexity index is 963. The third kappa shape index (κ3) is 4.03. The van der Waals surface area contributed by atoms with Gasteiger partial charge in [-0.3, -0.25) is 0 Å². The van der Waals surface area contributed by atoms with Crippen molar-refractivity contribution in [2.75, 3.05) is 18.7 Å². The van der Waals surface area contributed by atoms with Crippen LogP contribution in [0.4, 0.5) is 20.2 Å². The lowest BCUT2D eigenvalue weighted by atomic mass is 10.1. The molecule has 6 nitrogen and oxygen atoms in total. The zero-order chi connectivity index (χ0) is 19.4. The summed E-state index contributed by atoms with van der Waals surface area (Å²) in [4.78, 5) is 16.2. The number of carbonyl (C=O) groups is 1. The smallest absolute Gasteiger partial charge is 0.360 e. The molecule has 0 spiro atoms. The van der Waals surface area contributed by atoms with Gasteiger partial charge in [-0.2, -0.15) is 0 Å². The number of esters is 1. The quantitative estimate of drug-likeness (QED) is 0.521. The Morgan fingerprint density at radius 2 is 1.89 bits per heavy atom. The highest BCUT2D eigenvalue weighted by molar-refractivity contribution is 7.98. The summed E-state index contributed by atoms with van der Waals surface area (Å²) in [6.45, 7) is 0. The number of benzene rings is 1. The summed E-state index contributed by atoms with van der Waals surface area (Å²) in [6, 6.07) is 8.37. The van der Waals surface area contributed by atoms with Crippen LogP contribution in [0.1, 0.15) is 10.5 Å². The second-order valence-electron chi connectivity index (χ2n) is 5.29. The summed E-state index contributed by atoms with van der Waals surface area (Å²) >= 11 is 1.48. The Labute approximate surface area is 158 Å². The van der Waals surface area contributed by atoms with Crippen LogP contribution in [0.15, 0.2) is 47.6 Å². The molecule has 0 aliphatic rings. The fourth-order valence-electron chi connectivity index (χ4n) is 2.33. The average Bonchev–Trinajstić information content (AvgIpc) is 2.68. The highest BCUT2D eigenvalue weighted by Gasteiger charge is 2.20. The van der Waals surface area contributed by atoms with Crippen molar-refractivity contribution in [2.45, 2.75) is 5.03 Å². The topological polar surface area (TPSA) is 77.0 Å². The Balaban J connectivity index is 2.07. The lowest BCUT2D eigenvalue weighted by molar-refractivity contribution is 0.0594. The fraction of sp³-hybridized carbons (Fsp3) is 0.111. The summed E-state index contributed by atoms with van der Waals surface area (Å²) in [5.74, 6) is -2.31. The molecule has 0 bridgehead atoms. The highest BCUT2D eigenvalue weighted by Crippen LogP contribution is 2.29. The van der Waals surface area contributed by atoms with E-state index in [-0.39, 0.29) is 22.6 Å². The van der Waals surface area contributed by atoms with Crippen LogP contribution < -0.4 is 5.32 Å². The van der Waals surface area contributed by atoms with Crippen LogP contribution in [0.5, 0.6) is 0 Å². The van der Waals surface area contributed by atoms with Crippen LogP contribution in [0.3, 0.4) is 0 Å². The molecule has 0 saturated carbocycles. The maximum Gasteiger partial charge on any atom is 0.360 e. The van der Waals surface area contributed by atoms with E-state index >= 15 is 0 Å². The maximum atomic E-state index is 14.1. The zero-order valence-electron chi connectivity index (χ0n) is 14.4. The molecule has 27 heavy (non-hydrogen) atoms. The molecule has 0 amide bonds. The van der Waals surface area contributed by atoms with Crippen molar-refractivity contribution in [3.05, 3.63) is 59.9 Å². The Morgan fingerprint density at radius 3 is 2.48 bits per heavy atom. The SMILES string of the molecule is COC(=O)c1nnc(-c2c(F)cccc2F)cc1Nc1ccc(SC)nc1. The molecule has 1 aromatic carbocycles. The van der Waals surface area contributed by atoms with Crippen LogP contribution in [0.25, 0.3) is 11.3 Å². The molecule has 1 N–H and O–H groups in total. The summed E-state index contributed by atoms with van der Waals surface area (Å²) < 4.78 is 32.8. The van der Waals surface area contributed by atoms with Gasteiger partial charge in [0.2, 0.25) is 0 Å². The molecule has 3 rings (SSSR count). The van der Waals surface area contributed by atoms with E-state index in [2.05, 4.69) is 20.5 Å². The van der Waals surface area contributed by atoms with Gasteiger partial charge in [0.05, 0.1) is 35.3 Å². The number of rotatable bonds is 5. The number of carbonyl (C=O) groups excluding carboxylic acids is 1. The minimum Gasteiger partial charge on any atom is -0.464 e. The normalized spacial score (nSPS) is 10.5. The van der Waals surface area contributed by atoms with E-state index in [1.54, 1.807) is 18.3 Å². The van der Waals surface area contributed by atoms with Gasteiger partial charge in [0.25, 0.3) is 0 Å². The van der Waals surface area contributed by atoms with Crippen molar-refractivity contribution in [2.24, 2.45) is 0 Å². The molecule has 0 unspecified atom stereocenters. The molecule has 0 fully saturated rings. The van der Waals surface area contributed by atoms with E-state index in [1.807, 2.05) is 6.26 Å². The summed E-state index contributed by atoms with van der Waals surface area (Å²) in [5, 5.41) is 11.4. The molecular weight excluding hydrogens is 374 g/mol. The number of anilines is 2. The predicted octanol–water partition coefficient (Wildman–Crippen LogP) is 4.07. The highest BCUT2D eigenvalue weighted by atomic mass is 32.2. The lowest BCUT2D eigenvalue weighted by Crippen LogP contribution is -2.11. The number of pyridine rings is 1. The second-order valence-corrected chi connectivity index (χ2v) is 6.12. The molecule has 0 saturated heterocycles. The summed E-state index contributed by atoms with van der Waals surface area (Å²) in [6.07, 6.45) is 3.46. The number of halogens is 2. The van der Waals surface area contributed by atoms with Crippen molar-refractivity contribution >= 4 is 29.1 Å². The van der Waals surface area contributed by atoms with Crippen LogP contribution in [-0.2, 0) is 4.74 Å². The number of methoxy groups -OCH3 is 1. The van der Waals surface area contributed by atoms with Gasteiger partial charge >= 0.3 is 5.97 Å². The Hall–Kier alpha value is -3.07. The number of ether oxygens (including phenoxy) is 1. The Morgan fingerprint density at radius 1 is 1.15 bits per heavy atom. The molecular formula is C18H14F2N4O2S. The minimum atomic E-state index is -0.785. The summed E-state index contributed by atoms with van der Waals surface area (Å²) in [7, 11) is 1.20. The van der Waals surface area contributed by atoms with Crippen LogP contribution in [0, 0.1) is 11.6 Å². The van der Waals surface area contributed by atoms with E-state index in [1.165, 1.54) is 31.0 Å². The lowest BCUT2D eigenvalue weighted by Gasteiger charge is -2.12. The number of nitrogens with one attached hydrogen (secondary N) is 1. The molecule has 2 aromatic heterocycles. The van der Waals surface area contributed by atoms with Gasteiger partial charge in [-0.1, -0.05) is 6.07 Å². The van der Waals surface area contributed by atoms with Gasteiger partial charge in [-0.05, 0) is 36.6 Å². The van der Waals surface area contributed by atoms with Crippen LogP contribution in [-0.4, -0.2) is 34.5 Å². The molecule has 0 aliphatic heterocycles. The van der Waals surface area contributed by atoms with Crippen molar-refractivity contribution < 1.29 is 18.3 Å². The van der Waals surface area contributed by atoms with Gasteiger partial charge in [0.15, 0.2) is 5.69 Å². The third-order valence-electron chi connectivity index (χ3n) is 3.62. The van der Waals surface area contributed by atoms with Gasteiger partial charge in [0, 0.05) is 0 Å². The Kier molecular flexibility index (Phi) is 5.60. The van der Waals surface area contributed by atoms with E-state index in [0.29, 0.717) is 5.69 Å². The van der Waals surface area contributed by atoms with Crippen molar-refractivity contribution in [1.29, 1.82) is 0 Å². The van der Waals surface area contributed by atoms with Gasteiger partial charge < -0.3 is 10.1 Å². The molecule has 138 valence electrons. The summed E-state index contributed by atoms with van der Waals surface area (Å²) in [5.41, 5.74) is 0.237. The van der Waals surface area contributed by atoms with Crippen molar-refractivity contribution in [3.8, 4) is 11.3 Å². The first-order valence-electron chi connectivity index (χ1n) is 7.71. The van der Waals surface area contributed by atoms with Crippen molar-refractivity contribution in [3.63, 3.8) is 0 Å². The number of thioether (sulfide) groups is 1. The largest absolute Gasteiger partial charge is 0.464 e. The number of hydrogen-bond acceptors (Lipinski definition) is 7. The van der Waals surface area contributed by atoms with Gasteiger partial charge in [0.1, 0.15) is 17.3 Å². The minimum absolute atomic E-state index is 0.0607. The van der Waals surface area contributed by atoms with Gasteiger partial charge in [-0.15, -0.1) is 22.0 Å². The van der Waals surface area contributed by atoms with Gasteiger partial charge in [-0.25, -0.2) is 18.6 Å². The maximum absolute atomic E-state index is 14.1. The first-order chi connectivity index (χ1) is 13.0. The molecule has 0 radical (unpaired) electrons. The van der Waals surface area contributed by atoms with Crippen LogP contribution in [0.2, 0.25) is 0 Å². The molecule has 9 heteroatoms. The molecule has 0 atom stereocenters. The zero-order valence-corrected chi connectivity index (χ0v) is 15.2. The number of nitrogens with zero attached hydrogens (tertiary/aromatic N) is 3. The van der Waals surface area contributed by atoms with E-state index in [4.69, 9.17) is 4.74 Å². The number of hydrogen-bond donors (Lipinski definition) is 1. The van der Waals surface area contributed by atoms with E-state index in [0.717, 1.165) is 17.2 Å². The average molecular weight is 388 g/mol. The molecule has 2 heterocycles. The van der Waals surface area contributed by atoms with Crippen LogP contribution >= 0.6 is 11.8 Å². The fourth-order valence-corrected chi connectivity index (χ4v) is 2.69. The first-order valence-corrected chi connectivity index (χ1v) is 8.93. The first kappa shape index (κ1) is 18.7. The van der Waals surface area contributed by atoms with E-state index in [9.17, 15) is 13.6 Å². The van der Waals surface area contributed by atoms with E-state index < -0.39 is 17.6 Å². The number of aromatic nitrogens is 3. The second kappa shape index (κ2) is 8.09. The van der Waals surface area contributed by atoms with Crippen molar-refractivity contribution in [1.82, 2.24) is 15.2 Å². The third-order valence-corrected chi connectivity index (χ3v) is 4.28. The monoisotopic (exact) mass is 388 g/mol. The predicted molar refractivity (Wildman–Crippen MR) is 98.0 cm³/mol. The standard InChI is InChI=1S/C18H14F2N4O2S/c1-26-18(25)17-14(22-10-6-7-15(27-2)21-9-10)8-13(23-24-17)16-11(19)4-3-5-12(16)20/h3-9H,1-2H3,(H,22,23). The molecule has 3 aromatic rings. The molecule has 0 aliphatic carbocycles.